The molecule has 20 heavy (non-hydrogen) atoms. The van der Waals surface area contributed by atoms with Crippen LogP contribution in [0, 0.1) is 11.7 Å². The Balaban J connectivity index is 2.36. The molecule has 0 heterocycles. The first kappa shape index (κ1) is 14.6. The van der Waals surface area contributed by atoms with Gasteiger partial charge in [-0.2, -0.15) is 0 Å². The van der Waals surface area contributed by atoms with Crippen LogP contribution in [0.15, 0.2) is 24.3 Å². The minimum Gasteiger partial charge on any atom is -0.478 e. The number of carboxylic acid groups (broad SMARTS) is 1. The van der Waals surface area contributed by atoms with Crippen LogP contribution in [-0.4, -0.2) is 23.7 Å². The Morgan fingerprint density at radius 3 is 2.75 bits per heavy atom. The van der Waals surface area contributed by atoms with Crippen LogP contribution in [0.25, 0.3) is 6.08 Å². The van der Waals surface area contributed by atoms with Crippen LogP contribution in [0.5, 0.6) is 0 Å². The van der Waals surface area contributed by atoms with E-state index in [1.807, 2.05) is 6.07 Å². The molecule has 1 N–H and O–H groups in total. The summed E-state index contributed by atoms with van der Waals surface area (Å²) in [6.45, 7) is 5.03. The van der Waals surface area contributed by atoms with Crippen LogP contribution < -0.4 is 4.90 Å². The van der Waals surface area contributed by atoms with Crippen molar-refractivity contribution in [2.24, 2.45) is 5.92 Å². The molecule has 3 nitrogen and oxygen atoms in total. The van der Waals surface area contributed by atoms with Crippen molar-refractivity contribution in [3.05, 3.63) is 35.7 Å². The Labute approximate surface area is 118 Å². The fourth-order valence-electron chi connectivity index (χ4n) is 2.26. The number of halogens is 1. The number of carbonyl (C=O) groups is 1. The number of anilines is 1. The van der Waals surface area contributed by atoms with Gasteiger partial charge in [-0.3, -0.25) is 0 Å². The number of carboxylic acids is 1. The maximum atomic E-state index is 14.0. The molecule has 0 spiro atoms. The van der Waals surface area contributed by atoms with Gasteiger partial charge in [0, 0.05) is 29.9 Å². The molecule has 0 unspecified atom stereocenters. The number of nitrogens with zero attached hydrogens (tertiary/aromatic N) is 1. The highest BCUT2D eigenvalue weighted by molar-refractivity contribution is 5.87. The lowest BCUT2D eigenvalue weighted by Gasteiger charge is -2.30. The fourth-order valence-corrected chi connectivity index (χ4v) is 2.26. The predicted molar refractivity (Wildman–Crippen MR) is 78.3 cm³/mol. The van der Waals surface area contributed by atoms with Crippen LogP contribution in [-0.2, 0) is 4.79 Å². The summed E-state index contributed by atoms with van der Waals surface area (Å²) in [6.07, 6.45) is 4.77. The largest absolute Gasteiger partial charge is 0.478 e. The van der Waals surface area contributed by atoms with Crippen molar-refractivity contribution in [2.45, 2.75) is 32.7 Å². The Morgan fingerprint density at radius 2 is 2.20 bits per heavy atom. The molecule has 1 aromatic carbocycles. The molecule has 0 aromatic heterocycles. The van der Waals surface area contributed by atoms with Gasteiger partial charge in [-0.15, -0.1) is 0 Å². The molecule has 1 aromatic rings. The second-order valence-electron chi connectivity index (χ2n) is 5.53. The summed E-state index contributed by atoms with van der Waals surface area (Å²) < 4.78 is 14.0. The monoisotopic (exact) mass is 277 g/mol. The standard InChI is InChI=1S/C16H20FNO2/c1-11(2)18(10-12-6-7-12)15-5-3-4-14(17)13(15)8-9-16(19)20/h3-5,8-9,11-12H,6-7,10H2,1-2H3,(H,19,20)/b9-8+. The minimum atomic E-state index is -1.07. The number of hydrogen-bond acceptors (Lipinski definition) is 2. The van der Waals surface area contributed by atoms with E-state index in [2.05, 4.69) is 18.7 Å². The van der Waals surface area contributed by atoms with Gasteiger partial charge in [0.2, 0.25) is 0 Å². The molecule has 0 amide bonds. The molecule has 1 aliphatic carbocycles. The zero-order valence-corrected chi connectivity index (χ0v) is 11.8. The van der Waals surface area contributed by atoms with E-state index < -0.39 is 5.97 Å². The van der Waals surface area contributed by atoms with Crippen LogP contribution in [0.1, 0.15) is 32.3 Å². The lowest BCUT2D eigenvalue weighted by atomic mass is 10.1. The van der Waals surface area contributed by atoms with Gasteiger partial charge in [0.1, 0.15) is 5.82 Å². The van der Waals surface area contributed by atoms with E-state index in [4.69, 9.17) is 5.11 Å². The molecule has 0 bridgehead atoms. The second-order valence-corrected chi connectivity index (χ2v) is 5.53. The van der Waals surface area contributed by atoms with Crippen LogP contribution in [0.3, 0.4) is 0 Å². The third-order valence-electron chi connectivity index (χ3n) is 3.51. The van der Waals surface area contributed by atoms with E-state index in [-0.39, 0.29) is 11.9 Å². The number of rotatable bonds is 6. The summed E-state index contributed by atoms with van der Waals surface area (Å²) in [5.41, 5.74) is 1.12. The molecule has 4 heteroatoms. The highest BCUT2D eigenvalue weighted by Gasteiger charge is 2.26. The first-order valence-electron chi connectivity index (χ1n) is 6.95. The average molecular weight is 277 g/mol. The smallest absolute Gasteiger partial charge is 0.328 e. The van der Waals surface area contributed by atoms with Gasteiger partial charge < -0.3 is 10.0 Å². The summed E-state index contributed by atoms with van der Waals surface area (Å²) in [5.74, 6) is -0.782. The summed E-state index contributed by atoms with van der Waals surface area (Å²) in [5, 5.41) is 8.74. The third-order valence-corrected chi connectivity index (χ3v) is 3.51. The molecule has 1 fully saturated rings. The zero-order valence-electron chi connectivity index (χ0n) is 11.8. The summed E-state index contributed by atoms with van der Waals surface area (Å²) >= 11 is 0. The van der Waals surface area contributed by atoms with E-state index in [1.165, 1.54) is 25.0 Å². The van der Waals surface area contributed by atoms with Gasteiger partial charge >= 0.3 is 5.97 Å². The molecule has 0 saturated heterocycles. The SMILES string of the molecule is CC(C)N(CC1CC1)c1cccc(F)c1/C=C/C(=O)O. The number of hydrogen-bond donors (Lipinski definition) is 1. The lowest BCUT2D eigenvalue weighted by molar-refractivity contribution is -0.131. The topological polar surface area (TPSA) is 40.5 Å². The van der Waals surface area contributed by atoms with Gasteiger partial charge in [0.15, 0.2) is 0 Å². The van der Waals surface area contributed by atoms with Gasteiger partial charge in [-0.05, 0) is 50.8 Å². The van der Waals surface area contributed by atoms with Crippen molar-refractivity contribution in [2.75, 3.05) is 11.4 Å². The highest BCUT2D eigenvalue weighted by Crippen LogP contribution is 2.34. The van der Waals surface area contributed by atoms with Gasteiger partial charge in [0.05, 0.1) is 0 Å². The van der Waals surface area contributed by atoms with Crippen LogP contribution in [0.2, 0.25) is 0 Å². The quantitative estimate of drug-likeness (QED) is 0.808. The summed E-state index contributed by atoms with van der Waals surface area (Å²) in [6, 6.07) is 5.13. The summed E-state index contributed by atoms with van der Waals surface area (Å²) in [7, 11) is 0. The van der Waals surface area contributed by atoms with Crippen LogP contribution >= 0.6 is 0 Å². The van der Waals surface area contributed by atoms with E-state index in [0.29, 0.717) is 11.5 Å². The maximum absolute atomic E-state index is 14.0. The molecular weight excluding hydrogens is 257 g/mol. The molecule has 0 atom stereocenters. The Kier molecular flexibility index (Phi) is 4.42. The van der Waals surface area contributed by atoms with Crippen LogP contribution in [0.4, 0.5) is 10.1 Å². The van der Waals surface area contributed by atoms with E-state index in [9.17, 15) is 9.18 Å². The van der Waals surface area contributed by atoms with Crippen molar-refractivity contribution in [3.8, 4) is 0 Å². The van der Waals surface area contributed by atoms with Crippen molar-refractivity contribution in [3.63, 3.8) is 0 Å². The molecular formula is C16H20FNO2. The Hall–Kier alpha value is -1.84. The zero-order chi connectivity index (χ0) is 14.7. The van der Waals surface area contributed by atoms with Gasteiger partial charge in [-0.25, -0.2) is 9.18 Å². The average Bonchev–Trinajstić information content (AvgIpc) is 3.17. The third kappa shape index (κ3) is 3.59. The molecule has 108 valence electrons. The molecule has 1 saturated carbocycles. The Morgan fingerprint density at radius 1 is 1.50 bits per heavy atom. The fraction of sp³-hybridized carbons (Fsp3) is 0.438. The maximum Gasteiger partial charge on any atom is 0.328 e. The van der Waals surface area contributed by atoms with E-state index in [0.717, 1.165) is 18.3 Å². The van der Waals surface area contributed by atoms with E-state index in [1.54, 1.807) is 6.07 Å². The number of aliphatic carboxylic acids is 1. The lowest BCUT2D eigenvalue weighted by Crippen LogP contribution is -2.33. The van der Waals surface area contributed by atoms with Crippen molar-refractivity contribution >= 4 is 17.7 Å². The highest BCUT2D eigenvalue weighted by atomic mass is 19.1. The normalized spacial score (nSPS) is 15.0. The minimum absolute atomic E-state index is 0.245. The second kappa shape index (κ2) is 6.07. The molecule has 2 rings (SSSR count). The van der Waals surface area contributed by atoms with Crippen molar-refractivity contribution < 1.29 is 14.3 Å². The first-order valence-corrected chi connectivity index (χ1v) is 6.95. The molecule has 0 radical (unpaired) electrons. The summed E-state index contributed by atoms with van der Waals surface area (Å²) in [4.78, 5) is 12.8. The van der Waals surface area contributed by atoms with E-state index >= 15 is 0 Å². The van der Waals surface area contributed by atoms with Crippen molar-refractivity contribution in [1.29, 1.82) is 0 Å². The van der Waals surface area contributed by atoms with Gasteiger partial charge in [-0.1, -0.05) is 6.07 Å². The van der Waals surface area contributed by atoms with Crippen molar-refractivity contribution in [1.82, 2.24) is 0 Å². The Bertz CT molecular complexity index is 521. The first-order chi connectivity index (χ1) is 9.49. The van der Waals surface area contributed by atoms with Gasteiger partial charge in [0.25, 0.3) is 0 Å². The number of benzene rings is 1. The molecule has 0 aliphatic heterocycles. The molecule has 1 aliphatic rings. The predicted octanol–water partition coefficient (Wildman–Crippen LogP) is 3.55.